The average molecular weight is 456 g/mol. The molecule has 0 unspecified atom stereocenters. The Bertz CT molecular complexity index is 1410. The third-order valence-electron chi connectivity index (χ3n) is 5.16. The zero-order valence-electron chi connectivity index (χ0n) is 18.2. The van der Waals surface area contributed by atoms with Crippen LogP contribution in [0.1, 0.15) is 20.8 Å². The summed E-state index contributed by atoms with van der Waals surface area (Å²) in [6.07, 6.45) is 1.51. The Morgan fingerprint density at radius 2 is 1.79 bits per heavy atom. The number of anilines is 1. The van der Waals surface area contributed by atoms with Crippen molar-refractivity contribution < 1.29 is 23.8 Å². The fourth-order valence-electron chi connectivity index (χ4n) is 3.51. The zero-order valence-corrected chi connectivity index (χ0v) is 18.2. The number of rotatable bonds is 5. The fraction of sp³-hybridized carbons (Fsp3) is 0.120. The van der Waals surface area contributed by atoms with E-state index in [0.717, 1.165) is 5.39 Å². The Morgan fingerprint density at radius 1 is 0.941 bits per heavy atom. The van der Waals surface area contributed by atoms with Crippen LogP contribution in [0, 0.1) is 0 Å². The smallest absolute Gasteiger partial charge is 0.269 e. The molecule has 4 aromatic rings. The third-order valence-corrected chi connectivity index (χ3v) is 5.16. The van der Waals surface area contributed by atoms with Gasteiger partial charge in [-0.25, -0.2) is 4.98 Å². The second-order valence-electron chi connectivity index (χ2n) is 7.39. The Labute approximate surface area is 194 Å². The summed E-state index contributed by atoms with van der Waals surface area (Å²) in [5.74, 6) is 1.98. The van der Waals surface area contributed by atoms with Gasteiger partial charge in [-0.2, -0.15) is 0 Å². The number of nitrogens with one attached hydrogen (secondary N) is 2. The SMILES string of the molecule is CNC(=O)c1cc(Oc2cccc3nc(NC(=O)c4ccc5c(c4)OCCO5)ccc23)ccn1. The molecule has 0 spiro atoms. The maximum atomic E-state index is 12.7. The summed E-state index contributed by atoms with van der Waals surface area (Å²) in [5, 5.41) is 6.10. The lowest BCUT2D eigenvalue weighted by molar-refractivity contribution is 0.0957. The number of fused-ring (bicyclic) bond motifs is 2. The summed E-state index contributed by atoms with van der Waals surface area (Å²) in [6.45, 7) is 0.933. The van der Waals surface area contributed by atoms with E-state index in [1.165, 1.54) is 13.2 Å². The predicted octanol–water partition coefficient (Wildman–Crippen LogP) is 3.81. The number of aromatic nitrogens is 2. The molecule has 0 bridgehead atoms. The molecule has 1 aliphatic heterocycles. The summed E-state index contributed by atoms with van der Waals surface area (Å²) < 4.78 is 17.0. The summed E-state index contributed by atoms with van der Waals surface area (Å²) in [7, 11) is 1.54. The molecule has 0 radical (unpaired) electrons. The van der Waals surface area contributed by atoms with Gasteiger partial charge in [-0.1, -0.05) is 6.07 Å². The van der Waals surface area contributed by atoms with Crippen molar-refractivity contribution in [1.82, 2.24) is 15.3 Å². The first-order chi connectivity index (χ1) is 16.6. The van der Waals surface area contributed by atoms with Gasteiger partial charge < -0.3 is 24.8 Å². The summed E-state index contributed by atoms with van der Waals surface area (Å²) in [4.78, 5) is 33.2. The zero-order chi connectivity index (χ0) is 23.5. The molecule has 0 aliphatic carbocycles. The van der Waals surface area contributed by atoms with Crippen molar-refractivity contribution >= 4 is 28.5 Å². The average Bonchev–Trinajstić information content (AvgIpc) is 2.88. The predicted molar refractivity (Wildman–Crippen MR) is 125 cm³/mol. The van der Waals surface area contributed by atoms with Crippen LogP contribution in [0.15, 0.2) is 66.9 Å². The molecular weight excluding hydrogens is 436 g/mol. The highest BCUT2D eigenvalue weighted by atomic mass is 16.6. The maximum absolute atomic E-state index is 12.7. The van der Waals surface area contributed by atoms with Crippen LogP contribution in [0.25, 0.3) is 10.9 Å². The van der Waals surface area contributed by atoms with Gasteiger partial charge in [0.1, 0.15) is 36.2 Å². The number of benzene rings is 2. The first-order valence-corrected chi connectivity index (χ1v) is 10.6. The van der Waals surface area contributed by atoms with E-state index in [0.29, 0.717) is 53.1 Å². The van der Waals surface area contributed by atoms with Crippen molar-refractivity contribution in [1.29, 1.82) is 0 Å². The van der Waals surface area contributed by atoms with Crippen molar-refractivity contribution in [2.75, 3.05) is 25.6 Å². The number of hydrogen-bond donors (Lipinski definition) is 2. The molecule has 2 N–H and O–H groups in total. The van der Waals surface area contributed by atoms with Gasteiger partial charge in [0.2, 0.25) is 0 Å². The van der Waals surface area contributed by atoms with Gasteiger partial charge in [-0.05, 0) is 48.5 Å². The van der Waals surface area contributed by atoms with Crippen LogP contribution in [0.3, 0.4) is 0 Å². The highest BCUT2D eigenvalue weighted by Crippen LogP contribution is 2.32. The number of hydrogen-bond acceptors (Lipinski definition) is 7. The lowest BCUT2D eigenvalue weighted by Crippen LogP contribution is -2.18. The number of pyridine rings is 2. The number of ether oxygens (including phenoxy) is 3. The van der Waals surface area contributed by atoms with Crippen molar-refractivity contribution in [2.45, 2.75) is 0 Å². The lowest BCUT2D eigenvalue weighted by Gasteiger charge is -2.18. The van der Waals surface area contributed by atoms with Gasteiger partial charge in [-0.3, -0.25) is 14.6 Å². The van der Waals surface area contributed by atoms with Crippen LogP contribution in [-0.4, -0.2) is 42.0 Å². The number of amides is 2. The summed E-state index contributed by atoms with van der Waals surface area (Å²) in [6, 6.07) is 17.2. The minimum Gasteiger partial charge on any atom is -0.486 e. The summed E-state index contributed by atoms with van der Waals surface area (Å²) in [5.41, 5.74) is 1.33. The molecule has 2 aromatic carbocycles. The van der Waals surface area contributed by atoms with Gasteiger partial charge >= 0.3 is 0 Å². The van der Waals surface area contributed by atoms with Crippen LogP contribution < -0.4 is 24.8 Å². The molecule has 0 saturated carbocycles. The van der Waals surface area contributed by atoms with Crippen molar-refractivity contribution in [3.05, 3.63) is 78.1 Å². The Kier molecular flexibility index (Phi) is 5.65. The highest BCUT2D eigenvalue weighted by molar-refractivity contribution is 6.04. The van der Waals surface area contributed by atoms with Gasteiger partial charge in [0.05, 0.1) is 5.52 Å². The van der Waals surface area contributed by atoms with Crippen molar-refractivity contribution in [3.63, 3.8) is 0 Å². The van der Waals surface area contributed by atoms with Gasteiger partial charge in [0, 0.05) is 30.3 Å². The van der Waals surface area contributed by atoms with Crippen LogP contribution in [0.4, 0.5) is 5.82 Å². The fourth-order valence-corrected chi connectivity index (χ4v) is 3.51. The standard InChI is InChI=1S/C25H20N4O5/c1-26-25(31)19-14-16(9-10-27-19)34-20-4-2-3-18-17(20)6-8-23(28-18)29-24(30)15-5-7-21-22(13-15)33-12-11-32-21/h2-10,13-14H,11-12H2,1H3,(H,26,31)(H,28,29,30). The lowest BCUT2D eigenvalue weighted by atomic mass is 10.1. The molecule has 0 saturated heterocycles. The van der Waals surface area contributed by atoms with Crippen LogP contribution in [-0.2, 0) is 0 Å². The van der Waals surface area contributed by atoms with E-state index in [-0.39, 0.29) is 17.5 Å². The van der Waals surface area contributed by atoms with E-state index in [4.69, 9.17) is 14.2 Å². The van der Waals surface area contributed by atoms with E-state index in [1.54, 1.807) is 48.5 Å². The number of nitrogens with zero attached hydrogens (tertiary/aromatic N) is 2. The monoisotopic (exact) mass is 456 g/mol. The largest absolute Gasteiger partial charge is 0.486 e. The Hall–Kier alpha value is -4.66. The minimum absolute atomic E-state index is 0.252. The van der Waals surface area contributed by atoms with E-state index in [1.807, 2.05) is 12.1 Å². The topological polar surface area (TPSA) is 112 Å². The van der Waals surface area contributed by atoms with Crippen molar-refractivity contribution in [3.8, 4) is 23.0 Å². The Balaban J connectivity index is 1.36. The molecule has 0 atom stereocenters. The van der Waals surface area contributed by atoms with Crippen LogP contribution in [0.5, 0.6) is 23.0 Å². The molecule has 5 rings (SSSR count). The molecule has 0 fully saturated rings. The highest BCUT2D eigenvalue weighted by Gasteiger charge is 2.16. The van der Waals surface area contributed by atoms with E-state index in [9.17, 15) is 9.59 Å². The third kappa shape index (κ3) is 4.31. The molecule has 2 amide bonds. The second kappa shape index (κ2) is 9.07. The van der Waals surface area contributed by atoms with Gasteiger partial charge in [0.15, 0.2) is 11.5 Å². The van der Waals surface area contributed by atoms with Crippen LogP contribution >= 0.6 is 0 Å². The molecule has 9 heteroatoms. The first-order valence-electron chi connectivity index (χ1n) is 10.6. The minimum atomic E-state index is -0.310. The Morgan fingerprint density at radius 3 is 2.65 bits per heavy atom. The molecule has 3 heterocycles. The molecule has 1 aliphatic rings. The number of carbonyl (C=O) groups excluding carboxylic acids is 2. The van der Waals surface area contributed by atoms with Gasteiger partial charge in [-0.15, -0.1) is 0 Å². The van der Waals surface area contributed by atoms with E-state index < -0.39 is 0 Å². The molecule has 34 heavy (non-hydrogen) atoms. The van der Waals surface area contributed by atoms with Gasteiger partial charge in [0.25, 0.3) is 11.8 Å². The van der Waals surface area contributed by atoms with E-state index in [2.05, 4.69) is 20.6 Å². The first kappa shape index (κ1) is 21.2. The second-order valence-corrected chi connectivity index (χ2v) is 7.39. The maximum Gasteiger partial charge on any atom is 0.269 e. The number of carbonyl (C=O) groups is 2. The summed E-state index contributed by atoms with van der Waals surface area (Å²) >= 11 is 0. The van der Waals surface area contributed by atoms with E-state index >= 15 is 0 Å². The van der Waals surface area contributed by atoms with Crippen molar-refractivity contribution in [2.24, 2.45) is 0 Å². The normalized spacial score (nSPS) is 12.1. The quantitative estimate of drug-likeness (QED) is 0.470. The van der Waals surface area contributed by atoms with Crippen LogP contribution in [0.2, 0.25) is 0 Å². The molecule has 9 nitrogen and oxygen atoms in total. The molecule has 170 valence electrons. The molecular formula is C25H20N4O5. The molecule has 2 aromatic heterocycles.